The van der Waals surface area contributed by atoms with Gasteiger partial charge >= 0.3 is 6.03 Å². The predicted octanol–water partition coefficient (Wildman–Crippen LogP) is 6.00. The number of aliphatic imine (C=N–C) groups is 1. The summed E-state index contributed by atoms with van der Waals surface area (Å²) in [5, 5.41) is 5.00. The summed E-state index contributed by atoms with van der Waals surface area (Å²) >= 11 is 5.84. The Balaban J connectivity index is 1.53. The Morgan fingerprint density at radius 3 is 2.40 bits per heavy atom. The summed E-state index contributed by atoms with van der Waals surface area (Å²) in [6.45, 7) is 1.57. The highest BCUT2D eigenvalue weighted by molar-refractivity contribution is 6.31. The highest BCUT2D eigenvalue weighted by atomic mass is 35.5. The van der Waals surface area contributed by atoms with Crippen LogP contribution in [-0.2, 0) is 4.79 Å². The minimum atomic E-state index is -1.37. The molecule has 0 aromatic heterocycles. The molecule has 1 aliphatic rings. The number of fused-ring (bicyclic) bond motifs is 1. The molecule has 7 nitrogen and oxygen atoms in total. The van der Waals surface area contributed by atoms with Gasteiger partial charge in [0, 0.05) is 22.4 Å². The van der Waals surface area contributed by atoms with Gasteiger partial charge in [-0.25, -0.2) is 14.2 Å². The Bertz CT molecular complexity index is 1640. The van der Waals surface area contributed by atoms with Gasteiger partial charge in [-0.2, -0.15) is 0 Å². The first-order valence-electron chi connectivity index (χ1n) is 12.5. The van der Waals surface area contributed by atoms with Crippen LogP contribution in [0, 0.1) is 12.7 Å². The van der Waals surface area contributed by atoms with Gasteiger partial charge in [0.25, 0.3) is 5.91 Å². The quantitative estimate of drug-likeness (QED) is 0.286. The van der Waals surface area contributed by atoms with Crippen molar-refractivity contribution in [2.45, 2.75) is 13.1 Å². The van der Waals surface area contributed by atoms with Gasteiger partial charge in [-0.1, -0.05) is 84.4 Å². The third-order valence-electron chi connectivity index (χ3n) is 6.45. The van der Waals surface area contributed by atoms with E-state index in [2.05, 4.69) is 15.6 Å². The normalized spacial score (nSPS) is 14.6. The number of rotatable bonds is 6. The third kappa shape index (κ3) is 5.62. The van der Waals surface area contributed by atoms with Crippen LogP contribution in [0.3, 0.4) is 0 Å². The lowest BCUT2D eigenvalue weighted by atomic mass is 9.99. The van der Waals surface area contributed by atoms with E-state index >= 15 is 0 Å². The van der Waals surface area contributed by atoms with Crippen LogP contribution in [-0.4, -0.2) is 36.1 Å². The first kappa shape index (κ1) is 26.8. The van der Waals surface area contributed by atoms with E-state index in [0.717, 1.165) is 17.2 Å². The number of para-hydroxylation sites is 1. The van der Waals surface area contributed by atoms with E-state index in [1.54, 1.807) is 24.3 Å². The SMILES string of the molecule is Cc1ccccc1C(=O)CN1C(=O)[C@H](NC(=O)Nc2ccc(F)c(Cl)c2)N=C(c2ccccc2)c2ccccc21. The Labute approximate surface area is 235 Å². The first-order valence-corrected chi connectivity index (χ1v) is 12.8. The van der Waals surface area contributed by atoms with E-state index in [0.29, 0.717) is 22.5 Å². The number of nitrogens with zero attached hydrogens (tertiary/aromatic N) is 2. The average molecular weight is 555 g/mol. The van der Waals surface area contributed by atoms with Crippen molar-refractivity contribution in [2.75, 3.05) is 16.8 Å². The number of benzodiazepines with no additional fused rings is 1. The molecule has 1 aliphatic heterocycles. The second-order valence-electron chi connectivity index (χ2n) is 9.15. The molecular formula is C31H24ClFN4O3. The van der Waals surface area contributed by atoms with Gasteiger partial charge in [0.15, 0.2) is 5.78 Å². The third-order valence-corrected chi connectivity index (χ3v) is 6.74. The van der Waals surface area contributed by atoms with Gasteiger partial charge in [-0.15, -0.1) is 0 Å². The highest BCUT2D eigenvalue weighted by Crippen LogP contribution is 2.29. The fourth-order valence-corrected chi connectivity index (χ4v) is 4.67. The molecule has 3 amide bonds. The molecule has 9 heteroatoms. The number of hydrogen-bond donors (Lipinski definition) is 2. The second-order valence-corrected chi connectivity index (χ2v) is 9.56. The van der Waals surface area contributed by atoms with E-state index < -0.39 is 23.9 Å². The molecule has 4 aromatic rings. The number of carbonyl (C=O) groups is 3. The Hall–Kier alpha value is -4.82. The van der Waals surface area contributed by atoms with Crippen LogP contribution in [0.15, 0.2) is 102 Å². The maximum Gasteiger partial charge on any atom is 0.321 e. The molecular weight excluding hydrogens is 531 g/mol. The average Bonchev–Trinajstić information content (AvgIpc) is 3.06. The number of nitrogens with one attached hydrogen (secondary N) is 2. The number of carbonyl (C=O) groups excluding carboxylic acids is 3. The Kier molecular flexibility index (Phi) is 7.70. The number of Topliss-reactive ketones (excluding diaryl/α,β-unsaturated/α-hetero) is 1. The lowest BCUT2D eigenvalue weighted by molar-refractivity contribution is -0.120. The van der Waals surface area contributed by atoms with E-state index in [-0.39, 0.29) is 23.0 Å². The van der Waals surface area contributed by atoms with E-state index in [1.807, 2.05) is 61.5 Å². The molecule has 0 radical (unpaired) electrons. The van der Waals surface area contributed by atoms with Gasteiger partial charge < -0.3 is 15.5 Å². The van der Waals surface area contributed by atoms with E-state index in [4.69, 9.17) is 11.6 Å². The maximum absolute atomic E-state index is 14.0. The summed E-state index contributed by atoms with van der Waals surface area (Å²) in [4.78, 5) is 46.4. The maximum atomic E-state index is 14.0. The Morgan fingerprint density at radius 1 is 0.950 bits per heavy atom. The number of amides is 3. The van der Waals surface area contributed by atoms with Gasteiger partial charge in [0.2, 0.25) is 6.17 Å². The highest BCUT2D eigenvalue weighted by Gasteiger charge is 2.34. The summed E-state index contributed by atoms with van der Waals surface area (Å²) < 4.78 is 13.6. The zero-order valence-corrected chi connectivity index (χ0v) is 22.2. The number of urea groups is 1. The van der Waals surface area contributed by atoms with Gasteiger partial charge in [-0.05, 0) is 36.8 Å². The molecule has 4 aromatic carbocycles. The molecule has 1 heterocycles. The molecule has 40 heavy (non-hydrogen) atoms. The zero-order chi connectivity index (χ0) is 28.2. The van der Waals surface area contributed by atoms with Crippen molar-refractivity contribution in [3.63, 3.8) is 0 Å². The van der Waals surface area contributed by atoms with Gasteiger partial charge in [0.1, 0.15) is 5.82 Å². The molecule has 200 valence electrons. The van der Waals surface area contributed by atoms with Crippen molar-refractivity contribution >= 4 is 46.4 Å². The van der Waals surface area contributed by atoms with Crippen LogP contribution in [0.2, 0.25) is 5.02 Å². The van der Waals surface area contributed by atoms with Crippen molar-refractivity contribution in [2.24, 2.45) is 4.99 Å². The molecule has 0 saturated carbocycles. The van der Waals surface area contributed by atoms with Gasteiger partial charge in [-0.3, -0.25) is 9.59 Å². The van der Waals surface area contributed by atoms with Crippen molar-refractivity contribution in [1.82, 2.24) is 5.32 Å². The minimum Gasteiger partial charge on any atom is -0.308 e. The Morgan fingerprint density at radius 2 is 1.65 bits per heavy atom. The summed E-state index contributed by atoms with van der Waals surface area (Å²) in [5.41, 5.74) is 3.85. The number of aryl methyl sites for hydroxylation is 1. The lowest BCUT2D eigenvalue weighted by Crippen LogP contribution is -2.50. The summed E-state index contributed by atoms with van der Waals surface area (Å²) in [5.74, 6) is -1.48. The molecule has 0 spiro atoms. The number of benzene rings is 4. The minimum absolute atomic E-state index is 0.163. The lowest BCUT2D eigenvalue weighted by Gasteiger charge is -2.25. The zero-order valence-electron chi connectivity index (χ0n) is 21.4. The smallest absolute Gasteiger partial charge is 0.308 e. The standard InChI is InChI=1S/C31H24ClFN4O3/c1-19-9-5-6-12-22(19)27(38)18-37-26-14-8-7-13-23(26)28(20-10-3-2-4-11-20)35-29(30(37)39)36-31(40)34-21-15-16-25(33)24(32)17-21/h2-17,29H,18H2,1H3,(H2,34,36,40)/t29-/m0/s1. The topological polar surface area (TPSA) is 90.9 Å². The van der Waals surface area contributed by atoms with Crippen molar-refractivity contribution < 1.29 is 18.8 Å². The number of anilines is 2. The predicted molar refractivity (Wildman–Crippen MR) is 154 cm³/mol. The van der Waals surface area contributed by atoms with Crippen LogP contribution in [0.25, 0.3) is 0 Å². The van der Waals surface area contributed by atoms with Crippen LogP contribution in [0.1, 0.15) is 27.0 Å². The molecule has 0 saturated heterocycles. The van der Waals surface area contributed by atoms with Crippen molar-refractivity contribution in [3.8, 4) is 0 Å². The molecule has 2 N–H and O–H groups in total. The largest absolute Gasteiger partial charge is 0.321 e. The van der Waals surface area contributed by atoms with E-state index in [1.165, 1.54) is 17.0 Å². The van der Waals surface area contributed by atoms with Crippen LogP contribution in [0.4, 0.5) is 20.6 Å². The fraction of sp³-hybridized carbons (Fsp3) is 0.0968. The van der Waals surface area contributed by atoms with Crippen LogP contribution in [0.5, 0.6) is 0 Å². The molecule has 0 bridgehead atoms. The van der Waals surface area contributed by atoms with Gasteiger partial charge in [0.05, 0.1) is 23.0 Å². The summed E-state index contributed by atoms with van der Waals surface area (Å²) in [6.07, 6.45) is -1.37. The monoisotopic (exact) mass is 554 g/mol. The van der Waals surface area contributed by atoms with E-state index in [9.17, 15) is 18.8 Å². The van der Waals surface area contributed by atoms with Crippen molar-refractivity contribution in [1.29, 1.82) is 0 Å². The summed E-state index contributed by atoms with van der Waals surface area (Å²) in [7, 11) is 0. The number of halogens is 2. The fourth-order valence-electron chi connectivity index (χ4n) is 4.49. The van der Waals surface area contributed by atoms with Crippen LogP contribution < -0.4 is 15.5 Å². The summed E-state index contributed by atoms with van der Waals surface area (Å²) in [6, 6.07) is 26.6. The van der Waals surface area contributed by atoms with Crippen molar-refractivity contribution in [3.05, 3.63) is 130 Å². The molecule has 0 unspecified atom stereocenters. The molecule has 0 aliphatic carbocycles. The molecule has 0 fully saturated rings. The molecule has 1 atom stereocenters. The molecule has 5 rings (SSSR count). The first-order chi connectivity index (χ1) is 19.3. The second kappa shape index (κ2) is 11.5. The number of hydrogen-bond acceptors (Lipinski definition) is 4. The van der Waals surface area contributed by atoms with Crippen LogP contribution >= 0.6 is 11.6 Å². The number of ketones is 1.